The van der Waals surface area contributed by atoms with Gasteiger partial charge in [-0.3, -0.25) is 24.1 Å². The molecule has 1 heterocycles. The third kappa shape index (κ3) is 6.26. The Morgan fingerprint density at radius 2 is 1.56 bits per heavy atom. The van der Waals surface area contributed by atoms with Crippen molar-refractivity contribution in [2.45, 2.75) is 58.5 Å². The Morgan fingerprint density at radius 1 is 0.944 bits per heavy atom. The lowest BCUT2D eigenvalue weighted by Crippen LogP contribution is -2.49. The molecule has 1 aliphatic rings. The number of benzene rings is 2. The van der Waals surface area contributed by atoms with Crippen LogP contribution in [-0.4, -0.2) is 52.6 Å². The van der Waals surface area contributed by atoms with E-state index in [4.69, 9.17) is 23.2 Å². The highest BCUT2D eigenvalue weighted by Crippen LogP contribution is 2.28. The van der Waals surface area contributed by atoms with Crippen molar-refractivity contribution in [1.29, 1.82) is 0 Å². The summed E-state index contributed by atoms with van der Waals surface area (Å²) in [5.41, 5.74) is 1.31. The maximum Gasteiger partial charge on any atom is 0.261 e. The molecule has 0 fully saturated rings. The number of hydrogen-bond acceptors (Lipinski definition) is 4. The first-order chi connectivity index (χ1) is 17.3. The first-order valence-corrected chi connectivity index (χ1v) is 13.0. The number of unbranched alkanes of at least 4 members (excludes halogenated alkanes) is 1. The molecule has 1 atom stereocenters. The molecule has 1 aliphatic heterocycles. The maximum absolute atomic E-state index is 13.4. The molecule has 3 rings (SSSR count). The van der Waals surface area contributed by atoms with Gasteiger partial charge in [0.15, 0.2) is 0 Å². The second kappa shape index (κ2) is 12.9. The average Bonchev–Trinajstić information content (AvgIpc) is 3.10. The molecule has 9 heteroatoms. The highest BCUT2D eigenvalue weighted by molar-refractivity contribution is 6.36. The van der Waals surface area contributed by atoms with E-state index in [1.54, 1.807) is 42.5 Å². The monoisotopic (exact) mass is 531 g/mol. The molecule has 0 saturated carbocycles. The van der Waals surface area contributed by atoms with Crippen LogP contribution in [0.1, 0.15) is 72.2 Å². The van der Waals surface area contributed by atoms with Crippen molar-refractivity contribution in [3.05, 3.63) is 69.2 Å². The minimum Gasteiger partial charge on any atom is -0.354 e. The molecule has 4 amide bonds. The van der Waals surface area contributed by atoms with Gasteiger partial charge in [-0.15, -0.1) is 0 Å². The van der Waals surface area contributed by atoms with E-state index in [1.807, 2.05) is 13.8 Å². The van der Waals surface area contributed by atoms with E-state index in [9.17, 15) is 19.2 Å². The molecule has 0 aromatic heterocycles. The molecule has 0 aliphatic carbocycles. The molecular weight excluding hydrogens is 501 g/mol. The van der Waals surface area contributed by atoms with Gasteiger partial charge in [0.05, 0.1) is 11.1 Å². The lowest BCUT2D eigenvalue weighted by atomic mass is 10.1. The van der Waals surface area contributed by atoms with Crippen molar-refractivity contribution in [2.24, 2.45) is 0 Å². The van der Waals surface area contributed by atoms with Gasteiger partial charge in [-0.05, 0) is 43.5 Å². The van der Waals surface area contributed by atoms with Gasteiger partial charge in [0, 0.05) is 41.7 Å². The Hall–Kier alpha value is -2.90. The van der Waals surface area contributed by atoms with Crippen LogP contribution in [0.5, 0.6) is 0 Å². The standard InChI is InChI=1S/C27H31Cl2N3O4/c1-3-5-15-30-25(34)23(4-2)32(17-20-21(28)12-8-13-22(20)29)24(33)14-9-16-31-26(35)18-10-6-7-11-19(18)27(31)36/h6-8,10-13,23H,3-5,9,14-17H2,1-2H3,(H,30,34)/t23-/m0/s1. The van der Waals surface area contributed by atoms with Gasteiger partial charge in [0.25, 0.3) is 11.8 Å². The van der Waals surface area contributed by atoms with Crippen LogP contribution >= 0.6 is 23.2 Å². The third-order valence-electron chi connectivity index (χ3n) is 6.26. The first kappa shape index (κ1) is 27.7. The van der Waals surface area contributed by atoms with Crippen LogP contribution < -0.4 is 5.32 Å². The summed E-state index contributed by atoms with van der Waals surface area (Å²) in [5, 5.41) is 3.73. The van der Waals surface area contributed by atoms with E-state index in [2.05, 4.69) is 5.32 Å². The molecule has 2 aromatic rings. The molecule has 0 unspecified atom stereocenters. The molecule has 192 valence electrons. The average molecular weight is 532 g/mol. The predicted molar refractivity (Wildman–Crippen MR) is 140 cm³/mol. The molecule has 0 saturated heterocycles. The van der Waals surface area contributed by atoms with Crippen molar-refractivity contribution >= 4 is 46.8 Å². The largest absolute Gasteiger partial charge is 0.354 e. The van der Waals surface area contributed by atoms with Crippen LogP contribution in [0.25, 0.3) is 0 Å². The van der Waals surface area contributed by atoms with Gasteiger partial charge in [-0.1, -0.05) is 61.7 Å². The lowest BCUT2D eigenvalue weighted by Gasteiger charge is -2.31. The van der Waals surface area contributed by atoms with Gasteiger partial charge < -0.3 is 10.2 Å². The fraction of sp³-hybridized carbons (Fsp3) is 0.407. The molecule has 2 aromatic carbocycles. The number of fused-ring (bicyclic) bond motifs is 1. The highest BCUT2D eigenvalue weighted by Gasteiger charge is 2.35. The number of halogens is 2. The number of hydrogen-bond donors (Lipinski definition) is 1. The summed E-state index contributed by atoms with van der Waals surface area (Å²) in [7, 11) is 0. The summed E-state index contributed by atoms with van der Waals surface area (Å²) >= 11 is 12.7. The van der Waals surface area contributed by atoms with Gasteiger partial charge in [-0.2, -0.15) is 0 Å². The van der Waals surface area contributed by atoms with Crippen LogP contribution in [0.2, 0.25) is 10.0 Å². The number of carbonyl (C=O) groups is 4. The van der Waals surface area contributed by atoms with E-state index < -0.39 is 6.04 Å². The van der Waals surface area contributed by atoms with Crippen molar-refractivity contribution in [1.82, 2.24) is 15.1 Å². The topological polar surface area (TPSA) is 86.8 Å². The first-order valence-electron chi connectivity index (χ1n) is 12.2. The zero-order valence-corrected chi connectivity index (χ0v) is 22.1. The van der Waals surface area contributed by atoms with Crippen LogP contribution in [0.4, 0.5) is 0 Å². The fourth-order valence-electron chi connectivity index (χ4n) is 4.25. The minimum absolute atomic E-state index is 0.0498. The fourth-order valence-corrected chi connectivity index (χ4v) is 4.77. The molecule has 0 bridgehead atoms. The normalized spacial score (nSPS) is 13.5. The summed E-state index contributed by atoms with van der Waals surface area (Å²) in [4.78, 5) is 54.3. The van der Waals surface area contributed by atoms with Crippen LogP contribution in [0.15, 0.2) is 42.5 Å². The van der Waals surface area contributed by atoms with Gasteiger partial charge in [-0.25, -0.2) is 0 Å². The Labute approximate surface area is 221 Å². The minimum atomic E-state index is -0.707. The Kier molecular flexibility index (Phi) is 9.90. The highest BCUT2D eigenvalue weighted by atomic mass is 35.5. The van der Waals surface area contributed by atoms with Gasteiger partial charge in [0.2, 0.25) is 11.8 Å². The quantitative estimate of drug-likeness (QED) is 0.305. The number of nitrogens with zero attached hydrogens (tertiary/aromatic N) is 2. The van der Waals surface area contributed by atoms with Gasteiger partial charge in [0.1, 0.15) is 6.04 Å². The summed E-state index contributed by atoms with van der Waals surface area (Å²) in [6.07, 6.45) is 2.50. The summed E-state index contributed by atoms with van der Waals surface area (Å²) in [5.74, 6) is -1.23. The summed E-state index contributed by atoms with van der Waals surface area (Å²) in [6, 6.07) is 11.1. The molecule has 1 N–H and O–H groups in total. The second-order valence-electron chi connectivity index (χ2n) is 8.70. The molecular formula is C27H31Cl2N3O4. The summed E-state index contributed by atoms with van der Waals surface area (Å²) in [6.45, 7) is 4.59. The van der Waals surface area contributed by atoms with Crippen LogP contribution in [0.3, 0.4) is 0 Å². The Balaban J connectivity index is 1.73. The zero-order chi connectivity index (χ0) is 26.2. The number of amides is 4. The molecule has 0 spiro atoms. The van der Waals surface area contributed by atoms with E-state index in [-0.39, 0.29) is 49.6 Å². The van der Waals surface area contributed by atoms with Gasteiger partial charge >= 0.3 is 0 Å². The van der Waals surface area contributed by atoms with Crippen LogP contribution in [0, 0.1) is 0 Å². The van der Waals surface area contributed by atoms with E-state index in [1.165, 1.54) is 9.80 Å². The van der Waals surface area contributed by atoms with E-state index >= 15 is 0 Å². The van der Waals surface area contributed by atoms with E-state index in [0.717, 1.165) is 12.8 Å². The third-order valence-corrected chi connectivity index (χ3v) is 6.96. The smallest absolute Gasteiger partial charge is 0.261 e. The Morgan fingerprint density at radius 3 is 2.11 bits per heavy atom. The van der Waals surface area contributed by atoms with Crippen molar-refractivity contribution in [3.63, 3.8) is 0 Å². The number of rotatable bonds is 12. The van der Waals surface area contributed by atoms with Crippen molar-refractivity contribution in [2.75, 3.05) is 13.1 Å². The molecule has 7 nitrogen and oxygen atoms in total. The molecule has 0 radical (unpaired) electrons. The van der Waals surface area contributed by atoms with Crippen molar-refractivity contribution in [3.8, 4) is 0 Å². The maximum atomic E-state index is 13.4. The lowest BCUT2D eigenvalue weighted by molar-refractivity contribution is -0.141. The molecule has 36 heavy (non-hydrogen) atoms. The van der Waals surface area contributed by atoms with E-state index in [0.29, 0.717) is 39.7 Å². The zero-order valence-electron chi connectivity index (χ0n) is 20.6. The summed E-state index contributed by atoms with van der Waals surface area (Å²) < 4.78 is 0. The Bertz CT molecular complexity index is 1080. The number of carbonyl (C=O) groups excluding carboxylic acids is 4. The van der Waals surface area contributed by atoms with Crippen molar-refractivity contribution < 1.29 is 19.2 Å². The number of imide groups is 1. The second-order valence-corrected chi connectivity index (χ2v) is 9.52. The van der Waals surface area contributed by atoms with Crippen LogP contribution in [-0.2, 0) is 16.1 Å². The number of nitrogens with one attached hydrogen (secondary N) is 1. The predicted octanol–water partition coefficient (Wildman–Crippen LogP) is 5.09. The SMILES string of the molecule is CCCCNC(=O)[C@H](CC)N(Cc1c(Cl)cccc1Cl)C(=O)CCCN1C(=O)c2ccccc2C1=O.